The zero-order valence-electron chi connectivity index (χ0n) is 20.4. The first kappa shape index (κ1) is 23.1. The maximum atomic E-state index is 12.7. The molecule has 3 aliphatic rings. The van der Waals surface area contributed by atoms with E-state index in [0.717, 1.165) is 24.0 Å². The third-order valence-electron chi connectivity index (χ3n) is 7.36. The number of hydrogen-bond donors (Lipinski definition) is 2. The highest BCUT2D eigenvalue weighted by atomic mass is 16.6. The van der Waals surface area contributed by atoms with Crippen molar-refractivity contribution < 1.29 is 19.1 Å². The summed E-state index contributed by atoms with van der Waals surface area (Å²) < 4.78 is 11.3. The average Bonchev–Trinajstić information content (AvgIpc) is 3.60. The summed E-state index contributed by atoms with van der Waals surface area (Å²) in [6.07, 6.45) is 3.28. The third-order valence-corrected chi connectivity index (χ3v) is 7.36. The minimum absolute atomic E-state index is 0.0233. The van der Waals surface area contributed by atoms with Gasteiger partial charge in [0, 0.05) is 25.7 Å². The predicted molar refractivity (Wildman–Crippen MR) is 129 cm³/mol. The second-order valence-electron chi connectivity index (χ2n) is 11.0. The Morgan fingerprint density at radius 1 is 0.588 bits per heavy atom. The molecule has 0 aromatic heterocycles. The monoisotopic (exact) mass is 462 g/mol. The zero-order chi connectivity index (χ0) is 24.1. The fraction of sp³-hybridized carbons (Fsp3) is 0.500. The molecule has 3 aliphatic heterocycles. The summed E-state index contributed by atoms with van der Waals surface area (Å²) in [7, 11) is 0. The molecule has 4 unspecified atom stereocenters. The normalized spacial score (nSPS) is 28.7. The van der Waals surface area contributed by atoms with E-state index < -0.39 is 12.1 Å². The van der Waals surface area contributed by atoms with Crippen LogP contribution in [0.1, 0.15) is 49.9 Å². The van der Waals surface area contributed by atoms with Crippen LogP contribution in [0.5, 0.6) is 0 Å². The van der Waals surface area contributed by atoms with Gasteiger partial charge in [0.05, 0.1) is 23.4 Å². The molecule has 2 aromatic rings. The molecule has 3 heterocycles. The molecule has 0 spiro atoms. The fourth-order valence-corrected chi connectivity index (χ4v) is 4.73. The van der Waals surface area contributed by atoms with Gasteiger partial charge in [-0.25, -0.2) is 0 Å². The maximum Gasteiger partial charge on any atom is 0.243 e. The molecule has 0 radical (unpaired) electrons. The summed E-state index contributed by atoms with van der Waals surface area (Å²) in [5.41, 5.74) is 4.44. The van der Waals surface area contributed by atoms with E-state index in [9.17, 15) is 9.59 Å². The van der Waals surface area contributed by atoms with Crippen LogP contribution < -0.4 is 10.6 Å². The molecular weight excluding hydrogens is 428 g/mol. The summed E-state index contributed by atoms with van der Waals surface area (Å²) in [5.74, 6) is -0.266. The molecule has 4 atom stereocenters. The van der Waals surface area contributed by atoms with E-state index in [-0.39, 0.29) is 35.2 Å². The van der Waals surface area contributed by atoms with Crippen LogP contribution in [0.4, 0.5) is 0 Å². The van der Waals surface area contributed by atoms with Crippen LogP contribution in [0.25, 0.3) is 0 Å². The largest absolute Gasteiger partial charge is 0.366 e. The Bertz CT molecular complexity index is 987. The van der Waals surface area contributed by atoms with Crippen LogP contribution in [0, 0.1) is 0 Å². The number of epoxide rings is 2. The zero-order valence-corrected chi connectivity index (χ0v) is 20.4. The number of piperazine rings is 1. The first-order valence-electron chi connectivity index (χ1n) is 12.2. The molecule has 0 saturated carbocycles. The lowest BCUT2D eigenvalue weighted by molar-refractivity contribution is -0.136. The second kappa shape index (κ2) is 8.51. The first-order valence-corrected chi connectivity index (χ1v) is 12.2. The Kier molecular flexibility index (Phi) is 5.77. The molecule has 5 rings (SSSR count). The van der Waals surface area contributed by atoms with Gasteiger partial charge in [-0.3, -0.25) is 9.59 Å². The van der Waals surface area contributed by atoms with Crippen LogP contribution in [0.15, 0.2) is 48.5 Å². The van der Waals surface area contributed by atoms with E-state index >= 15 is 0 Å². The van der Waals surface area contributed by atoms with E-state index in [2.05, 4.69) is 62.6 Å². The van der Waals surface area contributed by atoms with Gasteiger partial charge in [0.25, 0.3) is 0 Å². The number of carbonyl (C=O) groups excluding carboxylic acids is 2. The molecule has 2 N–H and O–H groups in total. The standard InChI is InChI=1S/C28H34N2O4/c1-27(2)23(33-27)15-19-9-5-17(6-10-19)13-21-25(31)30-22(26(32)29-21)14-18-7-11-20(12-8-18)16-24-28(3,4)34-24/h5-12,21-24H,13-16H2,1-4H3,(H,29,32)(H,30,31). The third kappa shape index (κ3) is 5.18. The van der Waals surface area contributed by atoms with E-state index in [0.29, 0.717) is 12.8 Å². The van der Waals surface area contributed by atoms with Gasteiger partial charge in [-0.15, -0.1) is 0 Å². The van der Waals surface area contributed by atoms with Gasteiger partial charge < -0.3 is 20.1 Å². The SMILES string of the molecule is CC1(C)OC1Cc1ccc(CC2NC(=O)C(Cc3ccc(CC4OC4(C)C)cc3)NC2=O)cc1. The van der Waals surface area contributed by atoms with Crippen molar-refractivity contribution in [3.05, 3.63) is 70.8 Å². The smallest absolute Gasteiger partial charge is 0.243 e. The van der Waals surface area contributed by atoms with Crippen LogP contribution in [0.2, 0.25) is 0 Å². The second-order valence-corrected chi connectivity index (χ2v) is 11.0. The van der Waals surface area contributed by atoms with Crippen molar-refractivity contribution in [1.82, 2.24) is 10.6 Å². The highest BCUT2D eigenvalue weighted by molar-refractivity contribution is 5.97. The van der Waals surface area contributed by atoms with Crippen LogP contribution >= 0.6 is 0 Å². The number of amides is 2. The van der Waals surface area contributed by atoms with Gasteiger partial charge in [-0.05, 0) is 49.9 Å². The Morgan fingerprint density at radius 2 is 0.853 bits per heavy atom. The topological polar surface area (TPSA) is 83.3 Å². The Labute approximate surface area is 201 Å². The lowest BCUT2D eigenvalue weighted by Gasteiger charge is -2.30. The predicted octanol–water partition coefficient (Wildman–Crippen LogP) is 2.89. The van der Waals surface area contributed by atoms with Gasteiger partial charge in [-0.2, -0.15) is 0 Å². The molecule has 3 fully saturated rings. The van der Waals surface area contributed by atoms with E-state index in [1.165, 1.54) is 11.1 Å². The molecular formula is C28H34N2O4. The maximum absolute atomic E-state index is 12.7. The number of ether oxygens (including phenoxy) is 2. The molecule has 0 aliphatic carbocycles. The number of carbonyl (C=O) groups is 2. The minimum atomic E-state index is -0.551. The highest BCUT2D eigenvalue weighted by Gasteiger charge is 2.48. The Balaban J connectivity index is 1.12. The number of hydrogen-bond acceptors (Lipinski definition) is 4. The van der Waals surface area contributed by atoms with Gasteiger partial charge >= 0.3 is 0 Å². The van der Waals surface area contributed by atoms with Gasteiger partial charge in [0.15, 0.2) is 0 Å². The lowest BCUT2D eigenvalue weighted by atomic mass is 9.96. The van der Waals surface area contributed by atoms with Gasteiger partial charge in [-0.1, -0.05) is 48.5 Å². The van der Waals surface area contributed by atoms with Gasteiger partial charge in [0.2, 0.25) is 11.8 Å². The van der Waals surface area contributed by atoms with Crippen LogP contribution in [-0.4, -0.2) is 47.3 Å². The summed E-state index contributed by atoms with van der Waals surface area (Å²) >= 11 is 0. The van der Waals surface area contributed by atoms with Crippen molar-refractivity contribution in [3.8, 4) is 0 Å². The summed E-state index contributed by atoms with van der Waals surface area (Å²) in [5, 5.41) is 5.84. The Hall–Kier alpha value is -2.70. The number of benzene rings is 2. The van der Waals surface area contributed by atoms with Crippen molar-refractivity contribution in [2.45, 2.75) is 88.9 Å². The quantitative estimate of drug-likeness (QED) is 0.591. The number of rotatable bonds is 8. The molecule has 0 bridgehead atoms. The van der Waals surface area contributed by atoms with Crippen molar-refractivity contribution in [2.75, 3.05) is 0 Å². The lowest BCUT2D eigenvalue weighted by Crippen LogP contribution is -2.62. The molecule has 6 heteroatoms. The molecule has 2 aromatic carbocycles. The Morgan fingerprint density at radius 3 is 1.12 bits per heavy atom. The van der Waals surface area contributed by atoms with Crippen molar-refractivity contribution in [2.24, 2.45) is 0 Å². The van der Waals surface area contributed by atoms with Crippen LogP contribution in [0.3, 0.4) is 0 Å². The first-order chi connectivity index (χ1) is 16.1. The van der Waals surface area contributed by atoms with Crippen molar-refractivity contribution >= 4 is 11.8 Å². The highest BCUT2D eigenvalue weighted by Crippen LogP contribution is 2.38. The van der Waals surface area contributed by atoms with E-state index in [1.54, 1.807) is 0 Å². The van der Waals surface area contributed by atoms with Gasteiger partial charge in [0.1, 0.15) is 12.1 Å². The van der Waals surface area contributed by atoms with Crippen molar-refractivity contribution in [3.63, 3.8) is 0 Å². The minimum Gasteiger partial charge on any atom is -0.366 e. The summed E-state index contributed by atoms with van der Waals surface area (Å²) in [6.45, 7) is 8.40. The summed E-state index contributed by atoms with van der Waals surface area (Å²) in [6, 6.07) is 15.4. The molecule has 6 nitrogen and oxygen atoms in total. The average molecular weight is 463 g/mol. The van der Waals surface area contributed by atoms with E-state index in [1.807, 2.05) is 24.3 Å². The summed E-state index contributed by atoms with van der Waals surface area (Å²) in [4.78, 5) is 25.4. The van der Waals surface area contributed by atoms with E-state index in [4.69, 9.17) is 9.47 Å². The van der Waals surface area contributed by atoms with Crippen molar-refractivity contribution in [1.29, 1.82) is 0 Å². The molecule has 2 amide bonds. The van der Waals surface area contributed by atoms with Crippen LogP contribution in [-0.2, 0) is 44.7 Å². The number of nitrogens with one attached hydrogen (secondary N) is 2. The fourth-order valence-electron chi connectivity index (χ4n) is 4.73. The molecule has 180 valence electrons. The molecule has 3 saturated heterocycles. The molecule has 34 heavy (non-hydrogen) atoms.